The number of thiophene rings is 1. The molecular weight excluding hydrogens is 282 g/mol. The maximum atomic E-state index is 12.0. The molecule has 0 aliphatic rings. The van der Waals surface area contributed by atoms with Gasteiger partial charge in [-0.2, -0.15) is 5.26 Å². The highest BCUT2D eigenvalue weighted by atomic mass is 32.1. The molecule has 1 amide bonds. The number of amides is 1. The number of nitriles is 1. The first-order valence-corrected chi connectivity index (χ1v) is 7.15. The van der Waals surface area contributed by atoms with Gasteiger partial charge in [-0.05, 0) is 23.8 Å². The first-order valence-electron chi connectivity index (χ1n) is 6.27. The molecule has 21 heavy (non-hydrogen) atoms. The summed E-state index contributed by atoms with van der Waals surface area (Å²) in [5, 5.41) is 13.4. The van der Waals surface area contributed by atoms with Crippen molar-refractivity contribution >= 4 is 17.2 Å². The summed E-state index contributed by atoms with van der Waals surface area (Å²) in [4.78, 5) is 12.8. The van der Waals surface area contributed by atoms with Crippen molar-refractivity contribution in [3.63, 3.8) is 0 Å². The lowest BCUT2D eigenvalue weighted by molar-refractivity contribution is 0.0951. The van der Waals surface area contributed by atoms with Gasteiger partial charge in [-0.3, -0.25) is 4.79 Å². The van der Waals surface area contributed by atoms with Crippen molar-refractivity contribution in [3.8, 4) is 17.9 Å². The highest BCUT2D eigenvalue weighted by Crippen LogP contribution is 2.13. The molecule has 0 saturated carbocycles. The minimum absolute atomic E-state index is 0.158. The fourth-order valence-corrected chi connectivity index (χ4v) is 2.45. The quantitative estimate of drug-likeness (QED) is 0.848. The van der Waals surface area contributed by atoms with Crippen molar-refractivity contribution in [1.82, 2.24) is 5.32 Å². The van der Waals surface area contributed by atoms with E-state index in [1.54, 1.807) is 29.6 Å². The average Bonchev–Trinajstić information content (AvgIpc) is 2.99. The monoisotopic (exact) mass is 295 g/mol. The number of benzene rings is 1. The molecule has 0 saturated heterocycles. The Kier molecular flexibility index (Phi) is 5.11. The number of nitrogens with two attached hydrogens (primary N) is 1. The van der Waals surface area contributed by atoms with E-state index in [1.807, 2.05) is 6.07 Å². The molecule has 0 aliphatic carbocycles. The molecule has 0 fully saturated rings. The van der Waals surface area contributed by atoms with Gasteiger partial charge in [0.05, 0.1) is 28.6 Å². The Morgan fingerprint density at radius 2 is 2.24 bits per heavy atom. The van der Waals surface area contributed by atoms with E-state index in [1.165, 1.54) is 11.3 Å². The van der Waals surface area contributed by atoms with E-state index in [4.69, 9.17) is 11.0 Å². The molecule has 5 heteroatoms. The number of hydrogen-bond acceptors (Lipinski definition) is 4. The van der Waals surface area contributed by atoms with Gasteiger partial charge < -0.3 is 11.1 Å². The third-order valence-electron chi connectivity index (χ3n) is 2.68. The van der Waals surface area contributed by atoms with Crippen LogP contribution in [0.15, 0.2) is 35.7 Å². The van der Waals surface area contributed by atoms with Crippen molar-refractivity contribution in [2.45, 2.75) is 6.54 Å². The molecular formula is C16H13N3OS. The van der Waals surface area contributed by atoms with Gasteiger partial charge in [0.1, 0.15) is 0 Å². The fourth-order valence-electron chi connectivity index (χ4n) is 1.69. The first-order chi connectivity index (χ1) is 10.2. The zero-order valence-corrected chi connectivity index (χ0v) is 12.0. The van der Waals surface area contributed by atoms with Crippen molar-refractivity contribution in [2.24, 2.45) is 5.73 Å². The van der Waals surface area contributed by atoms with E-state index in [0.717, 1.165) is 10.4 Å². The summed E-state index contributed by atoms with van der Waals surface area (Å²) in [6.45, 7) is 0.683. The number of hydrogen-bond donors (Lipinski definition) is 2. The number of rotatable bonds is 3. The molecule has 4 nitrogen and oxygen atoms in total. The van der Waals surface area contributed by atoms with Crippen LogP contribution in [0.2, 0.25) is 0 Å². The summed E-state index contributed by atoms with van der Waals surface area (Å²) < 4.78 is 0. The van der Waals surface area contributed by atoms with Crippen LogP contribution in [-0.4, -0.2) is 12.5 Å². The topological polar surface area (TPSA) is 78.9 Å². The van der Waals surface area contributed by atoms with Gasteiger partial charge in [0, 0.05) is 11.9 Å². The van der Waals surface area contributed by atoms with Crippen LogP contribution in [0.4, 0.5) is 0 Å². The second-order valence-electron chi connectivity index (χ2n) is 4.20. The molecule has 1 aromatic heterocycles. The summed E-state index contributed by atoms with van der Waals surface area (Å²) in [6.07, 6.45) is 0. The smallest absolute Gasteiger partial charge is 0.252 e. The standard InChI is InChI=1S/C16H13N3OS/c17-6-2-5-15-8-14(11-21-15)16(20)19-10-13-4-1-3-12(7-13)9-18/h1,3-4,7-8,11H,6,10,17H2,(H,19,20). The summed E-state index contributed by atoms with van der Waals surface area (Å²) in [6, 6.07) is 11.0. The lowest BCUT2D eigenvalue weighted by Gasteiger charge is -2.04. The highest BCUT2D eigenvalue weighted by Gasteiger charge is 2.07. The Balaban J connectivity index is 1.98. The van der Waals surface area contributed by atoms with Crippen molar-refractivity contribution in [3.05, 3.63) is 57.3 Å². The second-order valence-corrected chi connectivity index (χ2v) is 5.11. The maximum Gasteiger partial charge on any atom is 0.252 e. The number of nitrogens with one attached hydrogen (secondary N) is 1. The number of nitrogens with zero attached hydrogens (tertiary/aromatic N) is 1. The van der Waals surface area contributed by atoms with E-state index < -0.39 is 0 Å². The molecule has 3 N–H and O–H groups in total. The zero-order valence-electron chi connectivity index (χ0n) is 11.2. The van der Waals surface area contributed by atoms with Crippen LogP contribution < -0.4 is 11.1 Å². The lowest BCUT2D eigenvalue weighted by Crippen LogP contribution is -2.22. The minimum atomic E-state index is -0.158. The number of carbonyl (C=O) groups excluding carboxylic acids is 1. The Labute approximate surface area is 127 Å². The summed E-state index contributed by atoms with van der Waals surface area (Å²) in [7, 11) is 0. The predicted molar refractivity (Wildman–Crippen MR) is 82.6 cm³/mol. The van der Waals surface area contributed by atoms with Gasteiger partial charge in [-0.15, -0.1) is 11.3 Å². The molecule has 0 bridgehead atoms. The van der Waals surface area contributed by atoms with Crippen LogP contribution in [0.3, 0.4) is 0 Å². The first kappa shape index (κ1) is 14.8. The summed E-state index contributed by atoms with van der Waals surface area (Å²) >= 11 is 1.41. The van der Waals surface area contributed by atoms with E-state index in [9.17, 15) is 4.79 Å². The molecule has 104 valence electrons. The fraction of sp³-hybridized carbons (Fsp3) is 0.125. The van der Waals surface area contributed by atoms with Crippen LogP contribution in [0.1, 0.15) is 26.4 Å². The Bertz CT molecular complexity index is 747. The predicted octanol–water partition coefficient (Wildman–Crippen LogP) is 1.86. The van der Waals surface area contributed by atoms with Gasteiger partial charge >= 0.3 is 0 Å². The normalized spacial score (nSPS) is 9.33. The van der Waals surface area contributed by atoms with Gasteiger partial charge in [0.15, 0.2) is 0 Å². The van der Waals surface area contributed by atoms with Gasteiger partial charge in [0.2, 0.25) is 0 Å². The van der Waals surface area contributed by atoms with Crippen LogP contribution in [0.5, 0.6) is 0 Å². The van der Waals surface area contributed by atoms with E-state index in [-0.39, 0.29) is 5.91 Å². The molecule has 0 unspecified atom stereocenters. The van der Waals surface area contributed by atoms with Gasteiger partial charge in [-0.1, -0.05) is 24.0 Å². The van der Waals surface area contributed by atoms with Gasteiger partial charge in [-0.25, -0.2) is 0 Å². The second kappa shape index (κ2) is 7.25. The van der Waals surface area contributed by atoms with E-state index in [2.05, 4.69) is 23.2 Å². The Morgan fingerprint density at radius 3 is 3.00 bits per heavy atom. The van der Waals surface area contributed by atoms with Crippen LogP contribution in [0.25, 0.3) is 0 Å². The summed E-state index contributed by atoms with van der Waals surface area (Å²) in [5.74, 6) is 5.49. The molecule has 0 spiro atoms. The van der Waals surface area contributed by atoms with E-state index in [0.29, 0.717) is 24.2 Å². The third-order valence-corrected chi connectivity index (χ3v) is 3.53. The van der Waals surface area contributed by atoms with E-state index >= 15 is 0 Å². The van der Waals surface area contributed by atoms with Crippen LogP contribution >= 0.6 is 11.3 Å². The van der Waals surface area contributed by atoms with Crippen molar-refractivity contribution < 1.29 is 4.79 Å². The minimum Gasteiger partial charge on any atom is -0.348 e. The van der Waals surface area contributed by atoms with Crippen molar-refractivity contribution in [2.75, 3.05) is 6.54 Å². The maximum absolute atomic E-state index is 12.0. The molecule has 0 radical (unpaired) electrons. The molecule has 2 rings (SSSR count). The largest absolute Gasteiger partial charge is 0.348 e. The molecule has 0 atom stereocenters. The zero-order chi connectivity index (χ0) is 15.1. The lowest BCUT2D eigenvalue weighted by atomic mass is 10.1. The molecule has 2 aromatic rings. The number of carbonyl (C=O) groups is 1. The molecule has 1 aromatic carbocycles. The van der Waals surface area contributed by atoms with Crippen LogP contribution in [0, 0.1) is 23.2 Å². The molecule has 1 heterocycles. The molecule has 0 aliphatic heterocycles. The highest BCUT2D eigenvalue weighted by molar-refractivity contribution is 7.10. The SMILES string of the molecule is N#Cc1cccc(CNC(=O)c2csc(C#CCN)c2)c1. The Hall–Kier alpha value is -2.60. The van der Waals surface area contributed by atoms with Crippen LogP contribution in [-0.2, 0) is 6.54 Å². The third kappa shape index (κ3) is 4.19. The van der Waals surface area contributed by atoms with Gasteiger partial charge in [0.25, 0.3) is 5.91 Å². The average molecular weight is 295 g/mol. The Morgan fingerprint density at radius 1 is 1.38 bits per heavy atom. The van der Waals surface area contributed by atoms with Crippen molar-refractivity contribution in [1.29, 1.82) is 5.26 Å². The summed E-state index contributed by atoms with van der Waals surface area (Å²) in [5.41, 5.74) is 7.36.